The Morgan fingerprint density at radius 2 is 2.00 bits per heavy atom. The highest BCUT2D eigenvalue weighted by molar-refractivity contribution is 5.86. The summed E-state index contributed by atoms with van der Waals surface area (Å²) >= 11 is 0. The minimum Gasteiger partial charge on any atom is -0.476 e. The maximum atomic E-state index is 11.1. The third kappa shape index (κ3) is 3.29. The molecule has 0 saturated heterocycles. The Morgan fingerprint density at radius 3 is 2.44 bits per heavy atom. The van der Waals surface area contributed by atoms with Gasteiger partial charge in [0.05, 0.1) is 12.2 Å². The van der Waals surface area contributed by atoms with Crippen molar-refractivity contribution < 1.29 is 9.90 Å². The Kier molecular flexibility index (Phi) is 5.27. The number of aromatic nitrogens is 3. The number of rotatable bonds is 7. The van der Waals surface area contributed by atoms with E-state index in [1.165, 1.54) is 0 Å². The molecule has 0 fully saturated rings. The SMILES string of the molecule is CCN(CC)CCn1nnc(C(=O)O)c1C(C)C. The van der Waals surface area contributed by atoms with Crippen molar-refractivity contribution in [3.63, 3.8) is 0 Å². The fraction of sp³-hybridized carbons (Fsp3) is 0.750. The van der Waals surface area contributed by atoms with Crippen LogP contribution in [0.15, 0.2) is 0 Å². The predicted octanol–water partition coefficient (Wildman–Crippen LogP) is 1.44. The molecule has 1 aromatic heterocycles. The molecule has 0 spiro atoms. The normalized spacial score (nSPS) is 11.4. The molecule has 1 heterocycles. The summed E-state index contributed by atoms with van der Waals surface area (Å²) < 4.78 is 1.71. The number of carboxylic acid groups (broad SMARTS) is 1. The van der Waals surface area contributed by atoms with Gasteiger partial charge in [0.1, 0.15) is 0 Å². The van der Waals surface area contributed by atoms with Gasteiger partial charge in [-0.15, -0.1) is 5.10 Å². The van der Waals surface area contributed by atoms with Crippen LogP contribution in [0.2, 0.25) is 0 Å². The fourth-order valence-corrected chi connectivity index (χ4v) is 1.99. The van der Waals surface area contributed by atoms with Gasteiger partial charge < -0.3 is 10.0 Å². The smallest absolute Gasteiger partial charge is 0.358 e. The van der Waals surface area contributed by atoms with Crippen molar-refractivity contribution in [1.29, 1.82) is 0 Å². The summed E-state index contributed by atoms with van der Waals surface area (Å²) in [6.07, 6.45) is 0. The number of hydrogen-bond acceptors (Lipinski definition) is 4. The lowest BCUT2D eigenvalue weighted by molar-refractivity contribution is 0.0688. The van der Waals surface area contributed by atoms with Crippen LogP contribution in [-0.4, -0.2) is 50.6 Å². The first-order valence-electron chi connectivity index (χ1n) is 6.40. The Labute approximate surface area is 108 Å². The Morgan fingerprint density at radius 1 is 1.39 bits per heavy atom. The van der Waals surface area contributed by atoms with Gasteiger partial charge in [-0.05, 0) is 19.0 Å². The van der Waals surface area contributed by atoms with Gasteiger partial charge in [0.2, 0.25) is 0 Å². The second-order valence-corrected chi connectivity index (χ2v) is 4.53. The third-order valence-corrected chi connectivity index (χ3v) is 3.05. The van der Waals surface area contributed by atoms with Gasteiger partial charge in [0.15, 0.2) is 5.69 Å². The van der Waals surface area contributed by atoms with Crippen LogP contribution in [-0.2, 0) is 6.54 Å². The highest BCUT2D eigenvalue weighted by Crippen LogP contribution is 2.17. The lowest BCUT2D eigenvalue weighted by Crippen LogP contribution is -2.28. The minimum atomic E-state index is -1.01. The highest BCUT2D eigenvalue weighted by Gasteiger charge is 2.21. The summed E-state index contributed by atoms with van der Waals surface area (Å²) in [5.41, 5.74) is 0.777. The number of hydrogen-bond donors (Lipinski definition) is 1. The van der Waals surface area contributed by atoms with E-state index in [1.54, 1.807) is 4.68 Å². The van der Waals surface area contributed by atoms with E-state index in [9.17, 15) is 4.79 Å². The standard InChI is InChI=1S/C12H22N4O2/c1-5-15(6-2)7-8-16-11(9(3)4)10(12(17)18)13-14-16/h9H,5-8H2,1-4H3,(H,17,18). The van der Waals surface area contributed by atoms with Crippen molar-refractivity contribution in [2.45, 2.75) is 40.2 Å². The van der Waals surface area contributed by atoms with Crippen LogP contribution in [0.25, 0.3) is 0 Å². The van der Waals surface area contributed by atoms with E-state index in [0.717, 1.165) is 19.6 Å². The van der Waals surface area contributed by atoms with Crippen molar-refractivity contribution in [1.82, 2.24) is 19.9 Å². The molecule has 0 amide bonds. The van der Waals surface area contributed by atoms with Gasteiger partial charge in [-0.25, -0.2) is 9.48 Å². The second kappa shape index (κ2) is 6.49. The number of nitrogens with zero attached hydrogens (tertiary/aromatic N) is 4. The first-order chi connectivity index (χ1) is 8.51. The van der Waals surface area contributed by atoms with Crippen LogP contribution in [0.1, 0.15) is 49.8 Å². The highest BCUT2D eigenvalue weighted by atomic mass is 16.4. The van der Waals surface area contributed by atoms with Crippen LogP contribution in [0, 0.1) is 0 Å². The lowest BCUT2D eigenvalue weighted by atomic mass is 10.1. The molecule has 0 aliphatic carbocycles. The molecule has 0 bridgehead atoms. The zero-order chi connectivity index (χ0) is 13.7. The summed E-state index contributed by atoms with van der Waals surface area (Å²) in [5, 5.41) is 16.8. The van der Waals surface area contributed by atoms with E-state index in [-0.39, 0.29) is 11.6 Å². The van der Waals surface area contributed by atoms with Gasteiger partial charge in [0.25, 0.3) is 0 Å². The Hall–Kier alpha value is -1.43. The molecule has 18 heavy (non-hydrogen) atoms. The minimum absolute atomic E-state index is 0.0737. The summed E-state index contributed by atoms with van der Waals surface area (Å²) in [6, 6.07) is 0. The van der Waals surface area contributed by atoms with Crippen molar-refractivity contribution >= 4 is 5.97 Å². The topological polar surface area (TPSA) is 71.2 Å². The molecule has 0 saturated carbocycles. The van der Waals surface area contributed by atoms with Crippen molar-refractivity contribution in [3.05, 3.63) is 11.4 Å². The van der Waals surface area contributed by atoms with E-state index < -0.39 is 5.97 Å². The Bertz CT molecular complexity index is 397. The molecular weight excluding hydrogens is 232 g/mol. The van der Waals surface area contributed by atoms with Gasteiger partial charge in [-0.1, -0.05) is 32.9 Å². The molecule has 102 valence electrons. The fourth-order valence-electron chi connectivity index (χ4n) is 1.99. The number of likely N-dealkylation sites (N-methyl/N-ethyl adjacent to an activating group) is 1. The average molecular weight is 254 g/mol. The van der Waals surface area contributed by atoms with Crippen LogP contribution in [0.4, 0.5) is 0 Å². The van der Waals surface area contributed by atoms with Crippen LogP contribution in [0.3, 0.4) is 0 Å². The maximum Gasteiger partial charge on any atom is 0.358 e. The van der Waals surface area contributed by atoms with Crippen LogP contribution >= 0.6 is 0 Å². The molecule has 1 aromatic rings. The zero-order valence-electron chi connectivity index (χ0n) is 11.6. The molecule has 6 heteroatoms. The second-order valence-electron chi connectivity index (χ2n) is 4.53. The molecule has 6 nitrogen and oxygen atoms in total. The quantitative estimate of drug-likeness (QED) is 0.797. The lowest BCUT2D eigenvalue weighted by Gasteiger charge is -2.18. The Balaban J connectivity index is 2.86. The van der Waals surface area contributed by atoms with E-state index in [2.05, 4.69) is 29.1 Å². The van der Waals surface area contributed by atoms with Gasteiger partial charge in [-0.2, -0.15) is 0 Å². The van der Waals surface area contributed by atoms with E-state index >= 15 is 0 Å². The van der Waals surface area contributed by atoms with Crippen LogP contribution < -0.4 is 0 Å². The molecular formula is C12H22N4O2. The summed E-state index contributed by atoms with van der Waals surface area (Å²) in [7, 11) is 0. The average Bonchev–Trinajstić information content (AvgIpc) is 2.74. The van der Waals surface area contributed by atoms with Gasteiger partial charge in [-0.3, -0.25) is 0 Å². The molecule has 0 unspecified atom stereocenters. The maximum absolute atomic E-state index is 11.1. The van der Waals surface area contributed by atoms with E-state index in [4.69, 9.17) is 5.11 Å². The van der Waals surface area contributed by atoms with Crippen molar-refractivity contribution in [2.75, 3.05) is 19.6 Å². The molecule has 0 aromatic carbocycles. The first kappa shape index (κ1) is 14.6. The molecule has 1 rings (SSSR count). The van der Waals surface area contributed by atoms with E-state index in [0.29, 0.717) is 12.2 Å². The molecule has 0 aliphatic rings. The first-order valence-corrected chi connectivity index (χ1v) is 6.40. The zero-order valence-corrected chi connectivity index (χ0v) is 11.6. The van der Waals surface area contributed by atoms with Crippen molar-refractivity contribution in [3.8, 4) is 0 Å². The van der Waals surface area contributed by atoms with Crippen molar-refractivity contribution in [2.24, 2.45) is 0 Å². The van der Waals surface area contributed by atoms with Gasteiger partial charge >= 0.3 is 5.97 Å². The largest absolute Gasteiger partial charge is 0.476 e. The van der Waals surface area contributed by atoms with E-state index in [1.807, 2.05) is 13.8 Å². The summed E-state index contributed by atoms with van der Waals surface area (Å²) in [6.45, 7) is 11.6. The molecule has 1 N–H and O–H groups in total. The number of aromatic carboxylic acids is 1. The molecule has 0 aliphatic heterocycles. The summed E-state index contributed by atoms with van der Waals surface area (Å²) in [4.78, 5) is 13.3. The summed E-state index contributed by atoms with van der Waals surface area (Å²) in [5.74, 6) is -0.907. The predicted molar refractivity (Wildman–Crippen MR) is 68.9 cm³/mol. The van der Waals surface area contributed by atoms with Gasteiger partial charge in [0, 0.05) is 6.54 Å². The molecule has 0 radical (unpaired) electrons. The monoisotopic (exact) mass is 254 g/mol. The number of carbonyl (C=O) groups is 1. The molecule has 0 atom stereocenters. The van der Waals surface area contributed by atoms with Crippen LogP contribution in [0.5, 0.6) is 0 Å². The number of carboxylic acids is 1. The third-order valence-electron chi connectivity index (χ3n) is 3.05.